The summed E-state index contributed by atoms with van der Waals surface area (Å²) in [6.45, 7) is 0.456. The van der Waals surface area contributed by atoms with Gasteiger partial charge < -0.3 is 14.4 Å². The van der Waals surface area contributed by atoms with E-state index in [-0.39, 0.29) is 5.69 Å². The molecule has 0 radical (unpaired) electrons. The first-order chi connectivity index (χ1) is 8.61. The molecule has 0 aliphatic heterocycles. The van der Waals surface area contributed by atoms with E-state index in [2.05, 4.69) is 15.9 Å². The zero-order valence-corrected chi connectivity index (χ0v) is 11.3. The third-order valence-corrected chi connectivity index (χ3v) is 3.05. The zero-order chi connectivity index (χ0) is 13.1. The average Bonchev–Trinajstić information content (AvgIpc) is 2.71. The van der Waals surface area contributed by atoms with Crippen molar-refractivity contribution >= 4 is 21.9 Å². The van der Waals surface area contributed by atoms with E-state index in [0.29, 0.717) is 6.54 Å². The molecule has 4 nitrogen and oxygen atoms in total. The molecule has 0 aliphatic rings. The molecule has 0 spiro atoms. The summed E-state index contributed by atoms with van der Waals surface area (Å²) in [4.78, 5) is 11.1. The Hall–Kier alpha value is -1.75. The molecule has 2 aromatic rings. The summed E-state index contributed by atoms with van der Waals surface area (Å²) in [5, 5.41) is 9.11. The summed E-state index contributed by atoms with van der Waals surface area (Å²) in [5.74, 6) is -0.200. The monoisotopic (exact) mass is 309 g/mol. The molecule has 0 saturated heterocycles. The normalized spacial score (nSPS) is 10.3. The predicted molar refractivity (Wildman–Crippen MR) is 71.2 cm³/mol. The molecule has 1 aromatic heterocycles. The van der Waals surface area contributed by atoms with E-state index in [1.54, 1.807) is 23.9 Å². The number of rotatable bonds is 4. The van der Waals surface area contributed by atoms with Gasteiger partial charge in [0, 0.05) is 16.2 Å². The van der Waals surface area contributed by atoms with E-state index in [9.17, 15) is 4.79 Å². The third-order valence-electron chi connectivity index (χ3n) is 2.62. The fourth-order valence-electron chi connectivity index (χ4n) is 1.80. The lowest BCUT2D eigenvalue weighted by Crippen LogP contribution is -2.09. The number of hydrogen-bond donors (Lipinski definition) is 1. The standard InChI is InChI=1S/C13H12BrNO3/c1-18-12-5-3-2-4-9(12)7-15-8-10(14)6-11(15)13(16)17/h2-6,8H,7H2,1H3,(H,16,17). The molecule has 1 N–H and O–H groups in total. The van der Waals surface area contributed by atoms with Gasteiger partial charge in [-0.3, -0.25) is 0 Å². The molecule has 2 rings (SSSR count). The Morgan fingerprint density at radius 2 is 2.17 bits per heavy atom. The van der Waals surface area contributed by atoms with Gasteiger partial charge in [-0.1, -0.05) is 18.2 Å². The van der Waals surface area contributed by atoms with Gasteiger partial charge in [-0.25, -0.2) is 4.79 Å². The maximum Gasteiger partial charge on any atom is 0.352 e. The van der Waals surface area contributed by atoms with Crippen molar-refractivity contribution in [3.05, 3.63) is 52.3 Å². The number of carbonyl (C=O) groups is 1. The molecule has 1 heterocycles. The summed E-state index contributed by atoms with van der Waals surface area (Å²) >= 11 is 3.28. The Morgan fingerprint density at radius 1 is 1.44 bits per heavy atom. The van der Waals surface area contributed by atoms with Gasteiger partial charge in [0.15, 0.2) is 0 Å². The van der Waals surface area contributed by atoms with Gasteiger partial charge in [-0.05, 0) is 28.1 Å². The second kappa shape index (κ2) is 5.27. The predicted octanol–water partition coefficient (Wildman–Crippen LogP) is 3.01. The smallest absolute Gasteiger partial charge is 0.352 e. The second-order valence-corrected chi connectivity index (χ2v) is 4.70. The second-order valence-electron chi connectivity index (χ2n) is 3.79. The lowest BCUT2D eigenvalue weighted by Gasteiger charge is -2.10. The van der Waals surface area contributed by atoms with Crippen LogP contribution in [-0.2, 0) is 6.54 Å². The van der Waals surface area contributed by atoms with Crippen LogP contribution in [0.15, 0.2) is 41.0 Å². The van der Waals surface area contributed by atoms with Crippen molar-refractivity contribution in [2.45, 2.75) is 6.54 Å². The molecule has 0 amide bonds. The maximum absolute atomic E-state index is 11.1. The maximum atomic E-state index is 11.1. The molecule has 0 atom stereocenters. The minimum atomic E-state index is -0.949. The molecule has 0 aliphatic carbocycles. The van der Waals surface area contributed by atoms with Crippen LogP contribution in [0.4, 0.5) is 0 Å². The summed E-state index contributed by atoms with van der Waals surface area (Å²) in [7, 11) is 1.60. The van der Waals surface area contributed by atoms with E-state index in [4.69, 9.17) is 9.84 Å². The zero-order valence-electron chi connectivity index (χ0n) is 9.76. The lowest BCUT2D eigenvalue weighted by atomic mass is 10.2. The Balaban J connectivity index is 2.36. The summed E-state index contributed by atoms with van der Waals surface area (Å²) in [6.07, 6.45) is 1.75. The average molecular weight is 310 g/mol. The minimum Gasteiger partial charge on any atom is -0.496 e. The van der Waals surface area contributed by atoms with Gasteiger partial charge in [0.2, 0.25) is 0 Å². The van der Waals surface area contributed by atoms with Crippen LogP contribution in [0.25, 0.3) is 0 Å². The minimum absolute atomic E-state index is 0.243. The fourth-order valence-corrected chi connectivity index (χ4v) is 2.27. The first kappa shape index (κ1) is 12.7. The number of carboxylic acid groups (broad SMARTS) is 1. The van der Waals surface area contributed by atoms with Gasteiger partial charge in [0.05, 0.1) is 13.7 Å². The highest BCUT2D eigenvalue weighted by molar-refractivity contribution is 9.10. The van der Waals surface area contributed by atoms with Crippen LogP contribution in [-0.4, -0.2) is 22.8 Å². The molecule has 0 bridgehead atoms. The van der Waals surface area contributed by atoms with Gasteiger partial charge in [-0.2, -0.15) is 0 Å². The van der Waals surface area contributed by atoms with Crippen LogP contribution >= 0.6 is 15.9 Å². The number of ether oxygens (including phenoxy) is 1. The Morgan fingerprint density at radius 3 is 2.83 bits per heavy atom. The van der Waals surface area contributed by atoms with Crippen LogP contribution in [0.3, 0.4) is 0 Å². The van der Waals surface area contributed by atoms with Crippen molar-refractivity contribution in [3.8, 4) is 5.75 Å². The molecule has 0 unspecified atom stereocenters. The van der Waals surface area contributed by atoms with Gasteiger partial charge in [0.25, 0.3) is 0 Å². The van der Waals surface area contributed by atoms with Crippen LogP contribution in [0.2, 0.25) is 0 Å². The Kier molecular flexibility index (Phi) is 3.72. The van der Waals surface area contributed by atoms with Crippen LogP contribution in [0.1, 0.15) is 16.1 Å². The first-order valence-corrected chi connectivity index (χ1v) is 6.12. The lowest BCUT2D eigenvalue weighted by molar-refractivity contribution is 0.0685. The molecule has 94 valence electrons. The Bertz CT molecular complexity index is 577. The molecular weight excluding hydrogens is 298 g/mol. The van der Waals surface area contributed by atoms with E-state index >= 15 is 0 Å². The highest BCUT2D eigenvalue weighted by atomic mass is 79.9. The highest BCUT2D eigenvalue weighted by Crippen LogP contribution is 2.22. The van der Waals surface area contributed by atoms with Crippen molar-refractivity contribution in [2.75, 3.05) is 7.11 Å². The van der Waals surface area contributed by atoms with Crippen molar-refractivity contribution in [1.82, 2.24) is 4.57 Å². The van der Waals surface area contributed by atoms with E-state index in [0.717, 1.165) is 15.8 Å². The SMILES string of the molecule is COc1ccccc1Cn1cc(Br)cc1C(=O)O. The quantitative estimate of drug-likeness (QED) is 0.944. The highest BCUT2D eigenvalue weighted by Gasteiger charge is 2.13. The van der Waals surface area contributed by atoms with E-state index in [1.807, 2.05) is 24.3 Å². The fraction of sp³-hybridized carbons (Fsp3) is 0.154. The number of carboxylic acids is 1. The molecule has 1 aromatic carbocycles. The van der Waals surface area contributed by atoms with Crippen molar-refractivity contribution in [2.24, 2.45) is 0 Å². The molecule has 0 saturated carbocycles. The first-order valence-electron chi connectivity index (χ1n) is 5.32. The topological polar surface area (TPSA) is 51.5 Å². The number of aromatic carboxylic acids is 1. The Labute approximate surface area is 113 Å². The van der Waals surface area contributed by atoms with E-state index < -0.39 is 5.97 Å². The van der Waals surface area contributed by atoms with Crippen LogP contribution in [0.5, 0.6) is 5.75 Å². The van der Waals surface area contributed by atoms with Crippen molar-refractivity contribution < 1.29 is 14.6 Å². The van der Waals surface area contributed by atoms with Gasteiger partial charge >= 0.3 is 5.97 Å². The van der Waals surface area contributed by atoms with Crippen LogP contribution < -0.4 is 4.74 Å². The number of hydrogen-bond acceptors (Lipinski definition) is 2. The van der Waals surface area contributed by atoms with Gasteiger partial charge in [0.1, 0.15) is 11.4 Å². The largest absolute Gasteiger partial charge is 0.496 e. The van der Waals surface area contributed by atoms with Crippen molar-refractivity contribution in [1.29, 1.82) is 0 Å². The molecule has 5 heteroatoms. The number of methoxy groups -OCH3 is 1. The molecular formula is C13H12BrNO3. The number of benzene rings is 1. The number of aromatic nitrogens is 1. The number of nitrogens with zero attached hydrogens (tertiary/aromatic N) is 1. The van der Waals surface area contributed by atoms with E-state index in [1.165, 1.54) is 0 Å². The number of halogens is 1. The van der Waals surface area contributed by atoms with Gasteiger partial charge in [-0.15, -0.1) is 0 Å². The number of para-hydroxylation sites is 1. The molecule has 18 heavy (non-hydrogen) atoms. The summed E-state index contributed by atoms with van der Waals surface area (Å²) in [6, 6.07) is 9.13. The third kappa shape index (κ3) is 2.56. The van der Waals surface area contributed by atoms with Crippen molar-refractivity contribution in [3.63, 3.8) is 0 Å². The summed E-state index contributed by atoms with van der Waals surface area (Å²) < 4.78 is 7.67. The van der Waals surface area contributed by atoms with Crippen LogP contribution in [0, 0.1) is 0 Å². The molecule has 0 fully saturated rings. The summed E-state index contributed by atoms with van der Waals surface area (Å²) in [5.41, 5.74) is 1.18.